The lowest BCUT2D eigenvalue weighted by Crippen LogP contribution is -2.52. The molecule has 1 amide bonds. The summed E-state index contributed by atoms with van der Waals surface area (Å²) in [7, 11) is 3.80. The van der Waals surface area contributed by atoms with Crippen molar-refractivity contribution in [2.75, 3.05) is 38.1 Å². The van der Waals surface area contributed by atoms with Gasteiger partial charge in [-0.2, -0.15) is 18.4 Å². The molecule has 3 aromatic rings. The average molecular weight is 525 g/mol. The Balaban J connectivity index is 1.60. The van der Waals surface area contributed by atoms with Gasteiger partial charge in [0.2, 0.25) is 5.91 Å². The standard InChI is InChI=1S/C28H31F3N6O/c1-33-12-4-13-34-26(38)27(22-6-8-23(35-19-22)25-5-3-14-36(25)2)10-15-37(16-11-27)24-9-7-21(28(29,30)31)17-20(24)18-32/h3,5-9,14,17,19,33H,4,10-13,15-16H2,1-2H3,(H,34,38). The van der Waals surface area contributed by atoms with Crippen molar-refractivity contribution in [1.29, 1.82) is 5.26 Å². The highest BCUT2D eigenvalue weighted by atomic mass is 19.4. The molecule has 200 valence electrons. The van der Waals surface area contributed by atoms with E-state index in [2.05, 4.69) is 15.6 Å². The highest BCUT2D eigenvalue weighted by molar-refractivity contribution is 5.88. The highest BCUT2D eigenvalue weighted by Crippen LogP contribution is 2.39. The Labute approximate surface area is 220 Å². The minimum Gasteiger partial charge on any atom is -0.370 e. The first-order valence-electron chi connectivity index (χ1n) is 12.6. The van der Waals surface area contributed by atoms with E-state index < -0.39 is 17.2 Å². The SMILES string of the molecule is CNCCCNC(=O)C1(c2ccc(-c3cccn3C)nc2)CCN(c2ccc(C(F)(F)F)cc2C#N)CC1. The van der Waals surface area contributed by atoms with Crippen LogP contribution in [-0.2, 0) is 23.4 Å². The number of aromatic nitrogens is 2. The second-order valence-electron chi connectivity index (χ2n) is 9.56. The molecule has 0 saturated carbocycles. The van der Waals surface area contributed by atoms with Crippen molar-refractivity contribution in [1.82, 2.24) is 20.2 Å². The van der Waals surface area contributed by atoms with Gasteiger partial charge in [-0.1, -0.05) is 6.07 Å². The number of piperidine rings is 1. The summed E-state index contributed by atoms with van der Waals surface area (Å²) in [5.74, 6) is -0.0883. The van der Waals surface area contributed by atoms with Crippen LogP contribution in [0.3, 0.4) is 0 Å². The van der Waals surface area contributed by atoms with Crippen LogP contribution in [0.5, 0.6) is 0 Å². The molecule has 0 spiro atoms. The van der Waals surface area contributed by atoms with E-state index in [9.17, 15) is 23.2 Å². The topological polar surface area (TPSA) is 86.0 Å². The molecule has 1 saturated heterocycles. The number of pyridine rings is 1. The van der Waals surface area contributed by atoms with E-state index in [1.807, 2.05) is 60.1 Å². The summed E-state index contributed by atoms with van der Waals surface area (Å²) in [5, 5.41) is 15.7. The van der Waals surface area contributed by atoms with E-state index in [1.54, 1.807) is 6.20 Å². The number of anilines is 1. The van der Waals surface area contributed by atoms with E-state index in [4.69, 9.17) is 0 Å². The summed E-state index contributed by atoms with van der Waals surface area (Å²) < 4.78 is 41.5. The van der Waals surface area contributed by atoms with Crippen LogP contribution in [0.2, 0.25) is 0 Å². The van der Waals surface area contributed by atoms with Crippen LogP contribution >= 0.6 is 0 Å². The van der Waals surface area contributed by atoms with Crippen LogP contribution in [0, 0.1) is 11.3 Å². The van der Waals surface area contributed by atoms with Crippen LogP contribution in [-0.4, -0.2) is 48.7 Å². The van der Waals surface area contributed by atoms with Gasteiger partial charge in [-0.3, -0.25) is 9.78 Å². The summed E-state index contributed by atoms with van der Waals surface area (Å²) in [5.41, 5.74) is 1.28. The fourth-order valence-corrected chi connectivity index (χ4v) is 5.05. The third kappa shape index (κ3) is 5.53. The maximum atomic E-state index is 13.6. The minimum absolute atomic E-state index is 0.0302. The molecule has 1 aromatic carbocycles. The van der Waals surface area contributed by atoms with Crippen LogP contribution in [0.1, 0.15) is 36.0 Å². The molecular weight excluding hydrogens is 493 g/mol. The number of carbonyl (C=O) groups is 1. The van der Waals surface area contributed by atoms with Gasteiger partial charge in [-0.05, 0) is 74.8 Å². The van der Waals surface area contributed by atoms with Crippen molar-refractivity contribution in [3.8, 4) is 17.5 Å². The number of hydrogen-bond acceptors (Lipinski definition) is 5. The van der Waals surface area contributed by atoms with Crippen molar-refractivity contribution in [3.05, 3.63) is 71.5 Å². The number of nitriles is 1. The van der Waals surface area contributed by atoms with E-state index in [0.717, 1.165) is 42.0 Å². The minimum atomic E-state index is -4.52. The Kier molecular flexibility index (Phi) is 8.07. The van der Waals surface area contributed by atoms with E-state index >= 15 is 0 Å². The molecule has 1 fully saturated rings. The first-order chi connectivity index (χ1) is 18.2. The van der Waals surface area contributed by atoms with Gasteiger partial charge in [-0.25, -0.2) is 0 Å². The van der Waals surface area contributed by atoms with Gasteiger partial charge in [0.25, 0.3) is 0 Å². The zero-order valence-corrected chi connectivity index (χ0v) is 21.5. The number of carbonyl (C=O) groups excluding carboxylic acids is 1. The number of nitrogens with zero attached hydrogens (tertiary/aromatic N) is 4. The second-order valence-corrected chi connectivity index (χ2v) is 9.56. The largest absolute Gasteiger partial charge is 0.416 e. The van der Waals surface area contributed by atoms with Gasteiger partial charge >= 0.3 is 6.18 Å². The highest BCUT2D eigenvalue weighted by Gasteiger charge is 2.43. The maximum absolute atomic E-state index is 13.6. The fourth-order valence-electron chi connectivity index (χ4n) is 5.05. The van der Waals surface area contributed by atoms with Crippen molar-refractivity contribution in [2.24, 2.45) is 7.05 Å². The molecule has 3 heterocycles. The zero-order chi connectivity index (χ0) is 27.3. The van der Waals surface area contributed by atoms with Crippen molar-refractivity contribution in [3.63, 3.8) is 0 Å². The number of amides is 1. The number of benzene rings is 1. The Morgan fingerprint density at radius 3 is 2.50 bits per heavy atom. The summed E-state index contributed by atoms with van der Waals surface area (Å²) in [6, 6.07) is 12.9. The molecule has 0 radical (unpaired) electrons. The molecule has 0 bridgehead atoms. The van der Waals surface area contributed by atoms with E-state index in [-0.39, 0.29) is 11.5 Å². The fraction of sp³-hybridized carbons (Fsp3) is 0.393. The normalized spacial score (nSPS) is 15.2. The Morgan fingerprint density at radius 2 is 1.92 bits per heavy atom. The first-order valence-corrected chi connectivity index (χ1v) is 12.6. The number of alkyl halides is 3. The quantitative estimate of drug-likeness (QED) is 0.431. The van der Waals surface area contributed by atoms with Crippen LogP contribution in [0.4, 0.5) is 18.9 Å². The molecule has 2 N–H and O–H groups in total. The molecule has 4 rings (SSSR count). The van der Waals surface area contributed by atoms with Crippen LogP contribution in [0.15, 0.2) is 54.9 Å². The average Bonchev–Trinajstić information content (AvgIpc) is 3.36. The number of hydrogen-bond donors (Lipinski definition) is 2. The van der Waals surface area contributed by atoms with Gasteiger partial charge < -0.3 is 20.1 Å². The van der Waals surface area contributed by atoms with Crippen molar-refractivity contribution in [2.45, 2.75) is 30.9 Å². The van der Waals surface area contributed by atoms with E-state index in [0.29, 0.717) is 38.2 Å². The van der Waals surface area contributed by atoms with Crippen LogP contribution < -0.4 is 15.5 Å². The molecule has 0 aliphatic carbocycles. The summed E-state index contributed by atoms with van der Waals surface area (Å²) in [6.45, 7) is 2.11. The molecule has 0 atom stereocenters. The van der Waals surface area contributed by atoms with Gasteiger partial charge in [0, 0.05) is 39.1 Å². The Bertz CT molecular complexity index is 1300. The smallest absolute Gasteiger partial charge is 0.370 e. The van der Waals surface area contributed by atoms with Gasteiger partial charge in [0.1, 0.15) is 6.07 Å². The summed E-state index contributed by atoms with van der Waals surface area (Å²) >= 11 is 0. The Hall–Kier alpha value is -3.84. The third-order valence-electron chi connectivity index (χ3n) is 7.25. The van der Waals surface area contributed by atoms with Gasteiger partial charge in [0.15, 0.2) is 0 Å². The first kappa shape index (κ1) is 27.2. The lowest BCUT2D eigenvalue weighted by molar-refractivity contribution is -0.137. The predicted molar refractivity (Wildman–Crippen MR) is 139 cm³/mol. The molecule has 1 aliphatic rings. The molecule has 1 aliphatic heterocycles. The predicted octanol–water partition coefficient (Wildman–Crippen LogP) is 4.24. The maximum Gasteiger partial charge on any atom is 0.416 e. The lowest BCUT2D eigenvalue weighted by Gasteiger charge is -2.42. The lowest BCUT2D eigenvalue weighted by atomic mass is 9.72. The summed E-state index contributed by atoms with van der Waals surface area (Å²) in [6.07, 6.45) is 0.822. The number of aryl methyl sites for hydroxylation is 1. The number of nitrogens with one attached hydrogen (secondary N) is 2. The molecule has 38 heavy (non-hydrogen) atoms. The van der Waals surface area contributed by atoms with Crippen molar-refractivity contribution >= 4 is 11.6 Å². The molecule has 10 heteroatoms. The molecular formula is C28H31F3N6O. The van der Waals surface area contributed by atoms with E-state index in [1.165, 1.54) is 6.07 Å². The van der Waals surface area contributed by atoms with Gasteiger partial charge in [-0.15, -0.1) is 0 Å². The van der Waals surface area contributed by atoms with Gasteiger partial charge in [0.05, 0.1) is 33.6 Å². The Morgan fingerprint density at radius 1 is 1.16 bits per heavy atom. The zero-order valence-electron chi connectivity index (χ0n) is 21.5. The van der Waals surface area contributed by atoms with Crippen molar-refractivity contribution < 1.29 is 18.0 Å². The number of rotatable bonds is 8. The third-order valence-corrected chi connectivity index (χ3v) is 7.25. The number of halogens is 3. The second kappa shape index (κ2) is 11.3. The molecule has 0 unspecified atom stereocenters. The molecule has 7 nitrogen and oxygen atoms in total. The monoisotopic (exact) mass is 524 g/mol. The van der Waals surface area contributed by atoms with Crippen LogP contribution in [0.25, 0.3) is 11.4 Å². The summed E-state index contributed by atoms with van der Waals surface area (Å²) in [4.78, 5) is 20.2. The molecule has 2 aromatic heterocycles.